The summed E-state index contributed by atoms with van der Waals surface area (Å²) in [6.45, 7) is 7.39. The molecule has 1 fully saturated rings. The molecule has 0 saturated carbocycles. The molecule has 136 valence electrons. The lowest BCUT2D eigenvalue weighted by Crippen LogP contribution is -2.38. The van der Waals surface area contributed by atoms with Crippen LogP contribution in [0, 0.1) is 19.8 Å². The quantitative estimate of drug-likeness (QED) is 0.793. The van der Waals surface area contributed by atoms with E-state index in [1.165, 1.54) is 10.6 Å². The molecule has 1 amide bonds. The highest BCUT2D eigenvalue weighted by atomic mass is 32.1. The summed E-state index contributed by atoms with van der Waals surface area (Å²) in [6, 6.07) is 3.97. The Hall–Kier alpha value is -1.66. The number of carbonyl (C=O) groups excluding carboxylic acids is 1. The second-order valence-corrected chi connectivity index (χ2v) is 8.10. The van der Waals surface area contributed by atoms with E-state index in [0.29, 0.717) is 12.5 Å². The average Bonchev–Trinajstić information content (AvgIpc) is 3.19. The molecule has 1 aliphatic rings. The summed E-state index contributed by atoms with van der Waals surface area (Å²) in [5.74, 6) is 1.93. The van der Waals surface area contributed by atoms with Gasteiger partial charge in [-0.05, 0) is 44.7 Å². The molecular formula is C19H27N3O2S. The number of aryl methyl sites for hydroxylation is 2. The van der Waals surface area contributed by atoms with E-state index in [1.54, 1.807) is 18.4 Å². The van der Waals surface area contributed by atoms with Gasteiger partial charge in [-0.3, -0.25) is 4.79 Å². The van der Waals surface area contributed by atoms with E-state index in [4.69, 9.17) is 4.74 Å². The molecule has 6 heteroatoms. The molecule has 2 aromatic rings. The highest BCUT2D eigenvalue weighted by Gasteiger charge is 2.25. The van der Waals surface area contributed by atoms with Crippen LogP contribution in [-0.2, 0) is 17.7 Å². The van der Waals surface area contributed by atoms with Crippen LogP contribution >= 0.6 is 11.3 Å². The standard InChI is InChI=1S/C19H27N3O2S/c1-14-13-20-18(22(14)10-11-24-3)12-16-6-8-21(9-7-16)19(23)17-5-4-15(2)25-17/h4-5,13,16H,6-12H2,1-3H3. The van der Waals surface area contributed by atoms with Crippen molar-refractivity contribution < 1.29 is 9.53 Å². The fraction of sp³-hybridized carbons (Fsp3) is 0.579. The van der Waals surface area contributed by atoms with Crippen LogP contribution in [0.2, 0.25) is 0 Å². The molecule has 0 N–H and O–H groups in total. The van der Waals surface area contributed by atoms with E-state index < -0.39 is 0 Å². The van der Waals surface area contributed by atoms with Gasteiger partial charge in [-0.2, -0.15) is 0 Å². The summed E-state index contributed by atoms with van der Waals surface area (Å²) in [5.41, 5.74) is 1.19. The second kappa shape index (κ2) is 8.15. The first-order chi connectivity index (χ1) is 12.1. The number of thiophene rings is 1. The second-order valence-electron chi connectivity index (χ2n) is 6.81. The van der Waals surface area contributed by atoms with Gasteiger partial charge in [0.25, 0.3) is 5.91 Å². The van der Waals surface area contributed by atoms with E-state index in [9.17, 15) is 4.79 Å². The van der Waals surface area contributed by atoms with E-state index in [2.05, 4.69) is 16.5 Å². The number of rotatable bonds is 6. The van der Waals surface area contributed by atoms with Gasteiger partial charge in [-0.25, -0.2) is 4.98 Å². The Bertz CT molecular complexity index is 714. The van der Waals surface area contributed by atoms with E-state index in [0.717, 1.165) is 49.6 Å². The maximum atomic E-state index is 12.6. The minimum atomic E-state index is 0.189. The number of hydrogen-bond donors (Lipinski definition) is 0. The molecule has 0 spiro atoms. The van der Waals surface area contributed by atoms with Crippen LogP contribution in [0.15, 0.2) is 18.3 Å². The largest absolute Gasteiger partial charge is 0.383 e. The van der Waals surface area contributed by atoms with Crippen molar-refractivity contribution in [2.45, 2.75) is 39.7 Å². The van der Waals surface area contributed by atoms with Crippen molar-refractivity contribution in [3.63, 3.8) is 0 Å². The molecule has 0 aromatic carbocycles. The smallest absolute Gasteiger partial charge is 0.263 e. The Labute approximate surface area is 153 Å². The van der Waals surface area contributed by atoms with Crippen molar-refractivity contribution in [3.8, 4) is 0 Å². The molecule has 3 rings (SSSR count). The van der Waals surface area contributed by atoms with Gasteiger partial charge in [0.1, 0.15) is 5.82 Å². The lowest BCUT2D eigenvalue weighted by Gasteiger charge is -2.31. The highest BCUT2D eigenvalue weighted by molar-refractivity contribution is 7.13. The molecule has 0 atom stereocenters. The first-order valence-corrected chi connectivity index (χ1v) is 9.75. The van der Waals surface area contributed by atoms with Crippen LogP contribution in [0.1, 0.15) is 38.9 Å². The van der Waals surface area contributed by atoms with Gasteiger partial charge >= 0.3 is 0 Å². The first kappa shape index (κ1) is 18.1. The fourth-order valence-corrected chi connectivity index (χ4v) is 4.30. The Morgan fingerprint density at radius 3 is 2.72 bits per heavy atom. The van der Waals surface area contributed by atoms with E-state index >= 15 is 0 Å². The van der Waals surface area contributed by atoms with Crippen LogP contribution in [-0.4, -0.2) is 47.2 Å². The number of methoxy groups -OCH3 is 1. The van der Waals surface area contributed by atoms with E-state index in [1.807, 2.05) is 30.2 Å². The van der Waals surface area contributed by atoms with Crippen LogP contribution in [0.3, 0.4) is 0 Å². The van der Waals surface area contributed by atoms with Crippen molar-refractivity contribution >= 4 is 17.2 Å². The van der Waals surface area contributed by atoms with Crippen molar-refractivity contribution in [2.24, 2.45) is 5.92 Å². The normalized spacial score (nSPS) is 15.7. The summed E-state index contributed by atoms with van der Waals surface area (Å²) in [7, 11) is 1.73. The molecule has 0 radical (unpaired) electrons. The maximum Gasteiger partial charge on any atom is 0.263 e. The minimum absolute atomic E-state index is 0.189. The molecule has 0 unspecified atom stereocenters. The summed E-state index contributed by atoms with van der Waals surface area (Å²) in [5, 5.41) is 0. The summed E-state index contributed by atoms with van der Waals surface area (Å²) in [4.78, 5) is 21.2. The van der Waals surface area contributed by atoms with E-state index in [-0.39, 0.29) is 5.91 Å². The number of piperidine rings is 1. The predicted octanol–water partition coefficient (Wildman–Crippen LogP) is 3.30. The Kier molecular flexibility index (Phi) is 5.91. The van der Waals surface area contributed by atoms with Crippen molar-refractivity contribution in [3.05, 3.63) is 39.6 Å². The number of amides is 1. The van der Waals surface area contributed by atoms with Gasteiger partial charge in [0, 0.05) is 49.9 Å². The van der Waals surface area contributed by atoms with Gasteiger partial charge in [0.15, 0.2) is 0 Å². The van der Waals surface area contributed by atoms with Crippen LogP contribution < -0.4 is 0 Å². The van der Waals surface area contributed by atoms with Crippen molar-refractivity contribution in [1.82, 2.24) is 14.5 Å². The Balaban J connectivity index is 1.55. The van der Waals surface area contributed by atoms with Gasteiger partial charge < -0.3 is 14.2 Å². The molecule has 2 aromatic heterocycles. The third kappa shape index (κ3) is 4.30. The number of nitrogens with zero attached hydrogens (tertiary/aromatic N) is 3. The predicted molar refractivity (Wildman–Crippen MR) is 100 cm³/mol. The Morgan fingerprint density at radius 1 is 1.32 bits per heavy atom. The molecule has 1 aliphatic heterocycles. The number of imidazole rings is 1. The molecule has 5 nitrogen and oxygen atoms in total. The average molecular weight is 362 g/mol. The summed E-state index contributed by atoms with van der Waals surface area (Å²) < 4.78 is 7.47. The van der Waals surface area contributed by atoms with Gasteiger partial charge in [0.05, 0.1) is 11.5 Å². The number of ether oxygens (including phenoxy) is 1. The minimum Gasteiger partial charge on any atom is -0.383 e. The lowest BCUT2D eigenvalue weighted by molar-refractivity contribution is 0.0694. The molecule has 1 saturated heterocycles. The zero-order chi connectivity index (χ0) is 17.8. The zero-order valence-corrected chi connectivity index (χ0v) is 16.1. The topological polar surface area (TPSA) is 47.4 Å². The SMILES string of the molecule is COCCn1c(C)cnc1CC1CCN(C(=O)c2ccc(C)s2)CC1. The third-order valence-electron chi connectivity index (χ3n) is 4.98. The van der Waals surface area contributed by atoms with Crippen molar-refractivity contribution in [1.29, 1.82) is 0 Å². The highest BCUT2D eigenvalue weighted by Crippen LogP contribution is 2.25. The molecule has 3 heterocycles. The molecule has 0 bridgehead atoms. The third-order valence-corrected chi connectivity index (χ3v) is 5.97. The van der Waals surface area contributed by atoms with Gasteiger partial charge in [0.2, 0.25) is 0 Å². The molecule has 25 heavy (non-hydrogen) atoms. The van der Waals surface area contributed by atoms with Gasteiger partial charge in [-0.1, -0.05) is 0 Å². The number of carbonyl (C=O) groups is 1. The summed E-state index contributed by atoms with van der Waals surface area (Å²) >= 11 is 1.59. The number of likely N-dealkylation sites (tertiary alicyclic amines) is 1. The fourth-order valence-electron chi connectivity index (χ4n) is 3.47. The number of hydrogen-bond acceptors (Lipinski definition) is 4. The Morgan fingerprint density at radius 2 is 2.08 bits per heavy atom. The van der Waals surface area contributed by atoms with Crippen LogP contribution in [0.4, 0.5) is 0 Å². The number of aromatic nitrogens is 2. The van der Waals surface area contributed by atoms with Crippen LogP contribution in [0.5, 0.6) is 0 Å². The molecule has 0 aliphatic carbocycles. The monoisotopic (exact) mass is 361 g/mol. The maximum absolute atomic E-state index is 12.6. The zero-order valence-electron chi connectivity index (χ0n) is 15.3. The molecular weight excluding hydrogens is 334 g/mol. The van der Waals surface area contributed by atoms with Crippen LogP contribution in [0.25, 0.3) is 0 Å². The summed E-state index contributed by atoms with van der Waals surface area (Å²) in [6.07, 6.45) is 5.03. The van der Waals surface area contributed by atoms with Crippen molar-refractivity contribution in [2.75, 3.05) is 26.8 Å². The van der Waals surface area contributed by atoms with Gasteiger partial charge in [-0.15, -0.1) is 11.3 Å². The lowest BCUT2D eigenvalue weighted by atomic mass is 9.93. The first-order valence-electron chi connectivity index (χ1n) is 8.94.